The highest BCUT2D eigenvalue weighted by Crippen LogP contribution is 2.27. The van der Waals surface area contributed by atoms with Gasteiger partial charge in [-0.15, -0.1) is 0 Å². The lowest BCUT2D eigenvalue weighted by atomic mass is 10.0. The van der Waals surface area contributed by atoms with E-state index in [1.807, 2.05) is 0 Å². The van der Waals surface area contributed by atoms with Gasteiger partial charge in [-0.2, -0.15) is 0 Å². The monoisotopic (exact) mass is 326 g/mol. The minimum atomic E-state index is -0.875. The molecule has 120 valence electrons. The Morgan fingerprint density at radius 2 is 2.23 bits per heavy atom. The lowest BCUT2D eigenvalue weighted by Gasteiger charge is -2.32. The fourth-order valence-corrected chi connectivity index (χ4v) is 2.85. The lowest BCUT2D eigenvalue weighted by Crippen LogP contribution is -2.47. The molecule has 2 N–H and O–H groups in total. The molecule has 1 atom stereocenters. The Labute approximate surface area is 134 Å². The topological polar surface area (TPSA) is 78.9 Å². The fourth-order valence-electron chi connectivity index (χ4n) is 2.59. The standard InChI is InChI=1S/C15H19ClN2O4/c1-22-13-6-5-10(8-11(13)16)17-14(19)9-18-7-3-2-4-12(18)15(20)21/h5-6,8,12H,2-4,7,9H2,1H3,(H,17,19)(H,20,21). The number of ether oxygens (including phenoxy) is 1. The van der Waals surface area contributed by atoms with Crippen molar-refractivity contribution >= 4 is 29.2 Å². The summed E-state index contributed by atoms with van der Waals surface area (Å²) in [5, 5.41) is 12.3. The van der Waals surface area contributed by atoms with Crippen LogP contribution in [0.4, 0.5) is 5.69 Å². The molecule has 7 heteroatoms. The number of halogens is 1. The first kappa shape index (κ1) is 16.6. The summed E-state index contributed by atoms with van der Waals surface area (Å²) in [6.07, 6.45) is 2.37. The largest absolute Gasteiger partial charge is 0.495 e. The Morgan fingerprint density at radius 3 is 2.86 bits per heavy atom. The molecular formula is C15H19ClN2O4. The normalized spacial score (nSPS) is 18.7. The fraction of sp³-hybridized carbons (Fsp3) is 0.467. The van der Waals surface area contributed by atoms with Crippen molar-refractivity contribution in [3.63, 3.8) is 0 Å². The molecule has 1 fully saturated rings. The first-order valence-electron chi connectivity index (χ1n) is 7.11. The molecule has 0 spiro atoms. The van der Waals surface area contributed by atoms with E-state index in [0.29, 0.717) is 29.4 Å². The number of hydrogen-bond donors (Lipinski definition) is 2. The summed E-state index contributed by atoms with van der Waals surface area (Å²) < 4.78 is 5.05. The van der Waals surface area contributed by atoms with Gasteiger partial charge in [0.2, 0.25) is 5.91 Å². The van der Waals surface area contributed by atoms with Gasteiger partial charge >= 0.3 is 5.97 Å². The third-order valence-electron chi connectivity index (χ3n) is 3.68. The first-order chi connectivity index (χ1) is 10.5. The van der Waals surface area contributed by atoms with Crippen molar-refractivity contribution in [2.75, 3.05) is 25.5 Å². The molecule has 1 aromatic carbocycles. The van der Waals surface area contributed by atoms with Crippen LogP contribution in [0, 0.1) is 0 Å². The van der Waals surface area contributed by atoms with Gasteiger partial charge in [0.1, 0.15) is 11.8 Å². The number of methoxy groups -OCH3 is 1. The maximum absolute atomic E-state index is 12.1. The SMILES string of the molecule is COc1ccc(NC(=O)CN2CCCCC2C(=O)O)cc1Cl. The zero-order chi connectivity index (χ0) is 16.1. The van der Waals surface area contributed by atoms with Gasteiger partial charge < -0.3 is 15.2 Å². The van der Waals surface area contributed by atoms with Gasteiger partial charge in [-0.1, -0.05) is 18.0 Å². The zero-order valence-corrected chi connectivity index (χ0v) is 13.1. The number of nitrogens with one attached hydrogen (secondary N) is 1. The van der Waals surface area contributed by atoms with Crippen molar-refractivity contribution in [3.05, 3.63) is 23.2 Å². The van der Waals surface area contributed by atoms with Gasteiger partial charge in [-0.3, -0.25) is 14.5 Å². The number of carboxylic acids is 1. The number of piperidine rings is 1. The number of carbonyl (C=O) groups is 2. The van der Waals surface area contributed by atoms with Crippen LogP contribution in [-0.2, 0) is 9.59 Å². The van der Waals surface area contributed by atoms with Crippen molar-refractivity contribution in [3.8, 4) is 5.75 Å². The number of carbonyl (C=O) groups excluding carboxylic acids is 1. The van der Waals surface area contributed by atoms with Gasteiger partial charge in [0.05, 0.1) is 18.7 Å². The van der Waals surface area contributed by atoms with Gasteiger partial charge in [0.25, 0.3) is 0 Å². The molecule has 0 aliphatic carbocycles. The summed E-state index contributed by atoms with van der Waals surface area (Å²) in [4.78, 5) is 25.0. The second-order valence-corrected chi connectivity index (χ2v) is 5.62. The molecule has 1 aromatic rings. The summed E-state index contributed by atoms with van der Waals surface area (Å²) >= 11 is 6.01. The van der Waals surface area contributed by atoms with E-state index in [-0.39, 0.29) is 12.5 Å². The second kappa shape index (κ2) is 7.47. The number of anilines is 1. The highest BCUT2D eigenvalue weighted by molar-refractivity contribution is 6.32. The lowest BCUT2D eigenvalue weighted by molar-refractivity contribution is -0.145. The van der Waals surface area contributed by atoms with Crippen LogP contribution in [0.2, 0.25) is 5.02 Å². The van der Waals surface area contributed by atoms with Crippen molar-refractivity contribution in [2.45, 2.75) is 25.3 Å². The number of aliphatic carboxylic acids is 1. The Bertz CT molecular complexity index is 564. The van der Waals surface area contributed by atoms with Crippen LogP contribution in [0.5, 0.6) is 5.75 Å². The molecule has 22 heavy (non-hydrogen) atoms. The molecule has 1 saturated heterocycles. The summed E-state index contributed by atoms with van der Waals surface area (Å²) in [5.41, 5.74) is 0.555. The van der Waals surface area contributed by atoms with Crippen molar-refractivity contribution < 1.29 is 19.4 Å². The van der Waals surface area contributed by atoms with Crippen LogP contribution >= 0.6 is 11.6 Å². The number of nitrogens with zero attached hydrogens (tertiary/aromatic N) is 1. The van der Waals surface area contributed by atoms with Crippen molar-refractivity contribution in [1.82, 2.24) is 4.90 Å². The van der Waals surface area contributed by atoms with Crippen molar-refractivity contribution in [2.24, 2.45) is 0 Å². The van der Waals surface area contributed by atoms with E-state index >= 15 is 0 Å². The van der Waals surface area contributed by atoms with E-state index in [0.717, 1.165) is 12.8 Å². The highest BCUT2D eigenvalue weighted by Gasteiger charge is 2.29. The summed E-state index contributed by atoms with van der Waals surface area (Å²) in [5.74, 6) is -0.601. The molecule has 1 aliphatic rings. The quantitative estimate of drug-likeness (QED) is 0.867. The molecule has 1 amide bonds. The Morgan fingerprint density at radius 1 is 1.45 bits per heavy atom. The maximum atomic E-state index is 12.1. The average Bonchev–Trinajstić information content (AvgIpc) is 2.47. The molecule has 0 radical (unpaired) electrons. The van der Waals surface area contributed by atoms with Gasteiger partial charge in [-0.05, 0) is 37.6 Å². The third-order valence-corrected chi connectivity index (χ3v) is 3.98. The molecule has 0 bridgehead atoms. The van der Waals surface area contributed by atoms with E-state index in [1.54, 1.807) is 23.1 Å². The Kier molecular flexibility index (Phi) is 5.63. The number of rotatable bonds is 5. The Hall–Kier alpha value is -1.79. The highest BCUT2D eigenvalue weighted by atomic mass is 35.5. The molecule has 6 nitrogen and oxygen atoms in total. The second-order valence-electron chi connectivity index (χ2n) is 5.22. The maximum Gasteiger partial charge on any atom is 0.320 e. The third kappa shape index (κ3) is 4.11. The van der Waals surface area contributed by atoms with Crippen molar-refractivity contribution in [1.29, 1.82) is 0 Å². The minimum absolute atomic E-state index is 0.0562. The zero-order valence-electron chi connectivity index (χ0n) is 12.3. The first-order valence-corrected chi connectivity index (χ1v) is 7.49. The average molecular weight is 327 g/mol. The molecular weight excluding hydrogens is 308 g/mol. The summed E-state index contributed by atoms with van der Waals surface area (Å²) in [6.45, 7) is 0.675. The predicted octanol–water partition coefficient (Wildman–Crippen LogP) is 2.23. The number of carboxylic acid groups (broad SMARTS) is 1. The molecule has 1 unspecified atom stereocenters. The molecule has 1 heterocycles. The van der Waals surface area contributed by atoms with Gasteiger partial charge in [0, 0.05) is 5.69 Å². The van der Waals surface area contributed by atoms with Crippen LogP contribution in [0.3, 0.4) is 0 Å². The number of hydrogen-bond acceptors (Lipinski definition) is 4. The summed E-state index contributed by atoms with van der Waals surface area (Å²) in [6, 6.07) is 4.37. The number of likely N-dealkylation sites (tertiary alicyclic amines) is 1. The van der Waals surface area contributed by atoms with E-state index in [9.17, 15) is 14.7 Å². The Balaban J connectivity index is 1.97. The van der Waals surface area contributed by atoms with Crippen LogP contribution in [0.25, 0.3) is 0 Å². The van der Waals surface area contributed by atoms with E-state index in [2.05, 4.69) is 5.32 Å². The molecule has 2 rings (SSSR count). The van der Waals surface area contributed by atoms with Crippen LogP contribution in [0.15, 0.2) is 18.2 Å². The van der Waals surface area contributed by atoms with Gasteiger partial charge in [-0.25, -0.2) is 0 Å². The molecule has 1 aliphatic heterocycles. The van der Waals surface area contributed by atoms with Crippen LogP contribution in [0.1, 0.15) is 19.3 Å². The number of benzene rings is 1. The smallest absolute Gasteiger partial charge is 0.320 e. The summed E-state index contributed by atoms with van der Waals surface area (Å²) in [7, 11) is 1.52. The number of amides is 1. The van der Waals surface area contributed by atoms with E-state index in [4.69, 9.17) is 16.3 Å². The molecule has 0 aromatic heterocycles. The van der Waals surface area contributed by atoms with E-state index < -0.39 is 12.0 Å². The van der Waals surface area contributed by atoms with E-state index in [1.165, 1.54) is 7.11 Å². The van der Waals surface area contributed by atoms with Crippen LogP contribution in [-0.4, -0.2) is 48.1 Å². The van der Waals surface area contributed by atoms with Gasteiger partial charge in [0.15, 0.2) is 0 Å². The predicted molar refractivity (Wildman–Crippen MR) is 83.5 cm³/mol. The van der Waals surface area contributed by atoms with Crippen LogP contribution < -0.4 is 10.1 Å². The molecule has 0 saturated carbocycles. The minimum Gasteiger partial charge on any atom is -0.495 e.